The van der Waals surface area contributed by atoms with E-state index in [9.17, 15) is 9.90 Å². The molecule has 1 aliphatic heterocycles. The molecule has 5 nitrogen and oxygen atoms in total. The van der Waals surface area contributed by atoms with Gasteiger partial charge in [-0.1, -0.05) is 25.1 Å². The number of carbonyl (C=O) groups excluding carboxylic acids is 1. The molecule has 118 valence electrons. The SMILES string of the molecule is CCc1oc2ccccc2c1CN(C)C(=O)[C@@H]1C[C@H](O)CN1. The van der Waals surface area contributed by atoms with E-state index >= 15 is 0 Å². The molecule has 1 aromatic heterocycles. The summed E-state index contributed by atoms with van der Waals surface area (Å²) in [7, 11) is 1.80. The molecule has 1 aliphatic rings. The first-order chi connectivity index (χ1) is 10.6. The Bertz CT molecular complexity index is 680. The molecule has 2 N–H and O–H groups in total. The lowest BCUT2D eigenvalue weighted by molar-refractivity contribution is -0.132. The largest absolute Gasteiger partial charge is 0.461 e. The van der Waals surface area contributed by atoms with Crippen LogP contribution in [-0.2, 0) is 17.8 Å². The highest BCUT2D eigenvalue weighted by molar-refractivity contribution is 5.85. The molecule has 1 amide bonds. The van der Waals surface area contributed by atoms with Crippen LogP contribution >= 0.6 is 0 Å². The Kier molecular flexibility index (Phi) is 4.18. The van der Waals surface area contributed by atoms with Gasteiger partial charge in [0, 0.05) is 37.5 Å². The third kappa shape index (κ3) is 2.74. The summed E-state index contributed by atoms with van der Waals surface area (Å²) in [6.45, 7) is 3.06. The van der Waals surface area contributed by atoms with Crippen molar-refractivity contribution in [2.24, 2.45) is 0 Å². The zero-order valence-corrected chi connectivity index (χ0v) is 13.0. The smallest absolute Gasteiger partial charge is 0.239 e. The molecule has 3 rings (SSSR count). The number of nitrogens with one attached hydrogen (secondary N) is 1. The summed E-state index contributed by atoms with van der Waals surface area (Å²) in [6, 6.07) is 7.63. The Labute approximate surface area is 129 Å². The van der Waals surface area contributed by atoms with Crippen molar-refractivity contribution in [1.29, 1.82) is 0 Å². The molecule has 22 heavy (non-hydrogen) atoms. The fraction of sp³-hybridized carbons (Fsp3) is 0.471. The van der Waals surface area contributed by atoms with Gasteiger partial charge in [0.2, 0.25) is 5.91 Å². The fourth-order valence-corrected chi connectivity index (χ4v) is 3.09. The number of para-hydroxylation sites is 1. The van der Waals surface area contributed by atoms with E-state index < -0.39 is 6.10 Å². The molecule has 0 spiro atoms. The van der Waals surface area contributed by atoms with Crippen LogP contribution in [0.15, 0.2) is 28.7 Å². The van der Waals surface area contributed by atoms with E-state index in [4.69, 9.17) is 4.42 Å². The van der Waals surface area contributed by atoms with Gasteiger partial charge in [0.15, 0.2) is 0 Å². The average molecular weight is 302 g/mol. The zero-order valence-electron chi connectivity index (χ0n) is 13.0. The standard InChI is InChI=1S/C17H22N2O3/c1-3-15-13(12-6-4-5-7-16(12)22-15)10-19(2)17(21)14-8-11(20)9-18-14/h4-7,11,14,18,20H,3,8-10H2,1-2H3/t11-,14-/m0/s1. The third-order valence-electron chi connectivity index (χ3n) is 4.28. The second kappa shape index (κ2) is 6.10. The number of aliphatic hydroxyl groups excluding tert-OH is 1. The van der Waals surface area contributed by atoms with Crippen molar-refractivity contribution in [3.8, 4) is 0 Å². The van der Waals surface area contributed by atoms with Gasteiger partial charge in [-0.2, -0.15) is 0 Å². The molecule has 0 saturated carbocycles. The monoisotopic (exact) mass is 302 g/mol. The fourth-order valence-electron chi connectivity index (χ4n) is 3.09. The molecule has 5 heteroatoms. The van der Waals surface area contributed by atoms with Gasteiger partial charge in [0.05, 0.1) is 12.1 Å². The number of hydrogen-bond donors (Lipinski definition) is 2. The maximum absolute atomic E-state index is 12.5. The minimum atomic E-state index is -0.427. The summed E-state index contributed by atoms with van der Waals surface area (Å²) >= 11 is 0. The first kappa shape index (κ1) is 15.1. The summed E-state index contributed by atoms with van der Waals surface area (Å²) in [5.74, 6) is 0.948. The highest BCUT2D eigenvalue weighted by Gasteiger charge is 2.30. The van der Waals surface area contributed by atoms with Gasteiger partial charge in [0.1, 0.15) is 11.3 Å². The van der Waals surface area contributed by atoms with Crippen molar-refractivity contribution < 1.29 is 14.3 Å². The number of benzene rings is 1. The van der Waals surface area contributed by atoms with Gasteiger partial charge >= 0.3 is 0 Å². The summed E-state index contributed by atoms with van der Waals surface area (Å²) in [4.78, 5) is 14.2. The highest BCUT2D eigenvalue weighted by Crippen LogP contribution is 2.27. The van der Waals surface area contributed by atoms with Crippen LogP contribution in [0.4, 0.5) is 0 Å². The number of nitrogens with zero attached hydrogens (tertiary/aromatic N) is 1. The molecule has 1 saturated heterocycles. The van der Waals surface area contributed by atoms with Crippen LogP contribution in [-0.4, -0.2) is 41.7 Å². The predicted octanol–water partition coefficient (Wildman–Crippen LogP) is 1.68. The topological polar surface area (TPSA) is 65.7 Å². The first-order valence-electron chi connectivity index (χ1n) is 7.75. The number of hydrogen-bond acceptors (Lipinski definition) is 4. The molecule has 0 bridgehead atoms. The number of furan rings is 1. The van der Waals surface area contributed by atoms with E-state index in [-0.39, 0.29) is 11.9 Å². The first-order valence-corrected chi connectivity index (χ1v) is 7.75. The average Bonchev–Trinajstić information content (AvgIpc) is 3.10. The third-order valence-corrected chi connectivity index (χ3v) is 4.28. The Morgan fingerprint density at radius 3 is 2.91 bits per heavy atom. The summed E-state index contributed by atoms with van der Waals surface area (Å²) in [5.41, 5.74) is 1.94. The number of carbonyl (C=O) groups is 1. The van der Waals surface area contributed by atoms with Crippen LogP contribution < -0.4 is 5.32 Å². The van der Waals surface area contributed by atoms with E-state index in [1.165, 1.54) is 0 Å². The number of likely N-dealkylation sites (N-methyl/N-ethyl adjacent to an activating group) is 1. The number of aryl methyl sites for hydroxylation is 1. The van der Waals surface area contributed by atoms with Crippen molar-refractivity contribution in [1.82, 2.24) is 10.2 Å². The van der Waals surface area contributed by atoms with E-state index in [0.717, 1.165) is 28.7 Å². The summed E-state index contributed by atoms with van der Waals surface area (Å²) in [5, 5.41) is 13.7. The van der Waals surface area contributed by atoms with Crippen LogP contribution in [0, 0.1) is 0 Å². The molecular formula is C17H22N2O3. The van der Waals surface area contributed by atoms with E-state index in [0.29, 0.717) is 19.5 Å². The van der Waals surface area contributed by atoms with Crippen molar-refractivity contribution in [2.45, 2.75) is 38.5 Å². The minimum Gasteiger partial charge on any atom is -0.461 e. The van der Waals surface area contributed by atoms with E-state index in [2.05, 4.69) is 12.2 Å². The molecule has 0 unspecified atom stereocenters. The quantitative estimate of drug-likeness (QED) is 0.902. The lowest BCUT2D eigenvalue weighted by atomic mass is 10.1. The van der Waals surface area contributed by atoms with Crippen molar-refractivity contribution >= 4 is 16.9 Å². The predicted molar refractivity (Wildman–Crippen MR) is 84.5 cm³/mol. The molecule has 1 fully saturated rings. The Balaban J connectivity index is 1.81. The van der Waals surface area contributed by atoms with Crippen LogP contribution in [0.3, 0.4) is 0 Å². The maximum atomic E-state index is 12.5. The van der Waals surface area contributed by atoms with Crippen LogP contribution in [0.25, 0.3) is 11.0 Å². The van der Waals surface area contributed by atoms with Gasteiger partial charge in [-0.15, -0.1) is 0 Å². The van der Waals surface area contributed by atoms with Gasteiger partial charge < -0.3 is 19.7 Å². The van der Waals surface area contributed by atoms with Crippen LogP contribution in [0.2, 0.25) is 0 Å². The van der Waals surface area contributed by atoms with Crippen molar-refractivity contribution in [3.63, 3.8) is 0 Å². The van der Waals surface area contributed by atoms with Crippen LogP contribution in [0.1, 0.15) is 24.7 Å². The molecule has 2 heterocycles. The molecule has 2 atom stereocenters. The van der Waals surface area contributed by atoms with Crippen molar-refractivity contribution in [3.05, 3.63) is 35.6 Å². The number of aliphatic hydroxyl groups is 1. The van der Waals surface area contributed by atoms with Gasteiger partial charge in [-0.05, 0) is 12.5 Å². The lowest BCUT2D eigenvalue weighted by Crippen LogP contribution is -2.41. The van der Waals surface area contributed by atoms with Crippen molar-refractivity contribution in [2.75, 3.05) is 13.6 Å². The van der Waals surface area contributed by atoms with Gasteiger partial charge in [0.25, 0.3) is 0 Å². The Morgan fingerprint density at radius 1 is 1.45 bits per heavy atom. The molecule has 2 aromatic rings. The normalized spacial score (nSPS) is 21.4. The minimum absolute atomic E-state index is 0.0175. The number of amides is 1. The van der Waals surface area contributed by atoms with Gasteiger partial charge in [-0.3, -0.25) is 4.79 Å². The Hall–Kier alpha value is -1.85. The molecule has 1 aromatic carbocycles. The van der Waals surface area contributed by atoms with E-state index in [1.807, 2.05) is 24.3 Å². The summed E-state index contributed by atoms with van der Waals surface area (Å²) < 4.78 is 5.88. The summed E-state index contributed by atoms with van der Waals surface area (Å²) in [6.07, 6.45) is 0.853. The second-order valence-corrected chi connectivity index (χ2v) is 5.90. The molecule has 0 aliphatic carbocycles. The number of fused-ring (bicyclic) bond motifs is 1. The number of β-amino-alcohol motifs (C(OH)–C–C–N with tert-alkyl or cyclic N) is 1. The Morgan fingerprint density at radius 2 is 2.23 bits per heavy atom. The molecule has 0 radical (unpaired) electrons. The zero-order chi connectivity index (χ0) is 15.7. The van der Waals surface area contributed by atoms with Crippen LogP contribution in [0.5, 0.6) is 0 Å². The van der Waals surface area contributed by atoms with Gasteiger partial charge in [-0.25, -0.2) is 0 Å². The van der Waals surface area contributed by atoms with E-state index in [1.54, 1.807) is 11.9 Å². The molecular weight excluding hydrogens is 280 g/mol. The highest BCUT2D eigenvalue weighted by atomic mass is 16.3. The second-order valence-electron chi connectivity index (χ2n) is 5.90. The number of rotatable bonds is 4. The maximum Gasteiger partial charge on any atom is 0.239 e. The lowest BCUT2D eigenvalue weighted by Gasteiger charge is -2.21.